The Morgan fingerprint density at radius 3 is 1.67 bits per heavy atom. The van der Waals surface area contributed by atoms with Crippen LogP contribution in [0.25, 0.3) is 43.8 Å². The summed E-state index contributed by atoms with van der Waals surface area (Å²) in [6.45, 7) is 0. The first-order valence-corrected chi connectivity index (χ1v) is 21.6. The third kappa shape index (κ3) is 7.20. The van der Waals surface area contributed by atoms with E-state index in [9.17, 15) is 8.78 Å². The smallest absolute Gasteiger partial charge is 0.123 e. The van der Waals surface area contributed by atoms with Gasteiger partial charge in [-0.25, -0.2) is 8.78 Å². The molecular formula is C59H42F2N2. The lowest BCUT2D eigenvalue weighted by atomic mass is 9.85. The highest BCUT2D eigenvalue weighted by molar-refractivity contribution is 6.16. The van der Waals surface area contributed by atoms with E-state index in [2.05, 4.69) is 175 Å². The number of hydrogen-bond acceptors (Lipinski definition) is 2. The molecule has 0 fully saturated rings. The molecule has 63 heavy (non-hydrogen) atoms. The Morgan fingerprint density at radius 1 is 0.381 bits per heavy atom. The van der Waals surface area contributed by atoms with Gasteiger partial charge in [-0.05, 0) is 159 Å². The number of anilines is 6. The first kappa shape index (κ1) is 38.1. The molecule has 0 N–H and O–H groups in total. The van der Waals surface area contributed by atoms with Gasteiger partial charge in [0.25, 0.3) is 0 Å². The number of aryl methyl sites for hydroxylation is 1. The average molecular weight is 817 g/mol. The number of halogens is 2. The van der Waals surface area contributed by atoms with Crippen molar-refractivity contribution in [3.8, 4) is 22.3 Å². The third-order valence-electron chi connectivity index (χ3n) is 12.6. The van der Waals surface area contributed by atoms with Crippen molar-refractivity contribution < 1.29 is 8.78 Å². The highest BCUT2D eigenvalue weighted by atomic mass is 19.1. The van der Waals surface area contributed by atoms with Crippen LogP contribution in [0, 0.1) is 11.6 Å². The Bertz CT molecular complexity index is 3190. The van der Waals surface area contributed by atoms with Crippen LogP contribution in [0.4, 0.5) is 42.9 Å². The van der Waals surface area contributed by atoms with Gasteiger partial charge in [0, 0.05) is 39.7 Å². The molecule has 0 saturated heterocycles. The lowest BCUT2D eigenvalue weighted by molar-refractivity contribution is 0.628. The zero-order chi connectivity index (χ0) is 42.3. The first-order chi connectivity index (χ1) is 31.1. The molecule has 0 spiro atoms. The Morgan fingerprint density at radius 2 is 0.937 bits per heavy atom. The van der Waals surface area contributed by atoms with E-state index in [0.717, 1.165) is 74.1 Å². The van der Waals surface area contributed by atoms with E-state index < -0.39 is 0 Å². The van der Waals surface area contributed by atoms with E-state index in [1.54, 1.807) is 24.3 Å². The van der Waals surface area contributed by atoms with Gasteiger partial charge in [0.15, 0.2) is 0 Å². The molecule has 0 radical (unpaired) electrons. The van der Waals surface area contributed by atoms with Gasteiger partial charge in [-0.3, -0.25) is 0 Å². The van der Waals surface area contributed by atoms with Crippen LogP contribution in [0.2, 0.25) is 0 Å². The lowest BCUT2D eigenvalue weighted by Gasteiger charge is -2.30. The highest BCUT2D eigenvalue weighted by Gasteiger charge is 2.26. The van der Waals surface area contributed by atoms with Crippen molar-refractivity contribution in [1.29, 1.82) is 0 Å². The molecule has 4 heteroatoms. The minimum atomic E-state index is -0.319. The Kier molecular flexibility index (Phi) is 9.82. The summed E-state index contributed by atoms with van der Waals surface area (Å²) in [5.41, 5.74) is 14.4. The fourth-order valence-electron chi connectivity index (χ4n) is 9.59. The summed E-state index contributed by atoms with van der Waals surface area (Å²) in [6, 6.07) is 76.5. The summed E-state index contributed by atoms with van der Waals surface area (Å²) in [5, 5.41) is 4.34. The Hall–Kier alpha value is -7.82. The van der Waals surface area contributed by atoms with Crippen LogP contribution in [0.5, 0.6) is 0 Å². The molecule has 0 saturated carbocycles. The monoisotopic (exact) mass is 816 g/mol. The topological polar surface area (TPSA) is 6.48 Å². The maximum absolute atomic E-state index is 14.3. The number of nitrogens with zero attached hydrogens (tertiary/aromatic N) is 2. The maximum atomic E-state index is 14.3. The minimum Gasteiger partial charge on any atom is -0.310 e. The van der Waals surface area contributed by atoms with Crippen LogP contribution < -0.4 is 9.80 Å². The molecule has 10 aromatic carbocycles. The fraction of sp³-hybridized carbons (Fsp3) is 0.0508. The van der Waals surface area contributed by atoms with Crippen LogP contribution in [0.15, 0.2) is 224 Å². The predicted octanol–water partition coefficient (Wildman–Crippen LogP) is 16.6. The number of hydrogen-bond donors (Lipinski definition) is 0. The molecule has 302 valence electrons. The molecule has 1 aliphatic rings. The van der Waals surface area contributed by atoms with Gasteiger partial charge < -0.3 is 9.80 Å². The minimum absolute atomic E-state index is 0.256. The van der Waals surface area contributed by atoms with E-state index in [4.69, 9.17) is 0 Å². The van der Waals surface area contributed by atoms with Gasteiger partial charge in [0.2, 0.25) is 0 Å². The molecular weight excluding hydrogens is 775 g/mol. The summed E-state index contributed by atoms with van der Waals surface area (Å²) < 4.78 is 28.6. The normalized spacial score (nSPS) is 13.3. The average Bonchev–Trinajstić information content (AvgIpc) is 3.50. The van der Waals surface area contributed by atoms with E-state index >= 15 is 0 Å². The van der Waals surface area contributed by atoms with Crippen molar-refractivity contribution in [1.82, 2.24) is 0 Å². The molecule has 0 aromatic heterocycles. The molecule has 1 atom stereocenters. The Balaban J connectivity index is 1.14. The first-order valence-electron chi connectivity index (χ1n) is 21.6. The van der Waals surface area contributed by atoms with Crippen LogP contribution >= 0.6 is 0 Å². The van der Waals surface area contributed by atoms with Gasteiger partial charge in [0.05, 0.1) is 5.69 Å². The predicted molar refractivity (Wildman–Crippen MR) is 258 cm³/mol. The quantitative estimate of drug-likeness (QED) is 0.141. The Labute approximate surface area is 366 Å². The summed E-state index contributed by atoms with van der Waals surface area (Å²) >= 11 is 0. The van der Waals surface area contributed by atoms with Gasteiger partial charge in [-0.2, -0.15) is 0 Å². The van der Waals surface area contributed by atoms with E-state index in [1.165, 1.54) is 57.6 Å². The molecule has 0 bridgehead atoms. The SMILES string of the molecule is Fc1ccc(N(c2ccc(F)cc2)c2ccc3c(N(c4ccc(-c5ccccc5)cc4)c4ccc5c(c4)-c4ccccc4CCC5c4ccccc4)cc4ccccc4c3c2)cc1. The summed E-state index contributed by atoms with van der Waals surface area (Å²) in [5.74, 6) is -0.382. The standard InChI is InChI=1S/C59H42F2N2/c60-45-22-28-47(29-23-45)62(48-30-24-46(61)25-31-48)50-33-36-56-58(38-50)53-18-10-8-16-44(53)37-59(56)63(49-26-19-41(20-27-49)40-11-3-1-4-12-40)51-32-35-55-54(42-13-5-2-6-14-42)34-21-43-15-7-9-17-52(43)57(55)39-51/h1-20,22-33,35-39,54H,21,34H2. The summed E-state index contributed by atoms with van der Waals surface area (Å²) in [4.78, 5) is 4.46. The van der Waals surface area contributed by atoms with Crippen LogP contribution in [0.1, 0.15) is 29.0 Å². The van der Waals surface area contributed by atoms with Crippen LogP contribution in [-0.4, -0.2) is 0 Å². The van der Waals surface area contributed by atoms with Crippen molar-refractivity contribution in [2.24, 2.45) is 0 Å². The second-order valence-corrected chi connectivity index (χ2v) is 16.3. The number of fused-ring (bicyclic) bond motifs is 6. The van der Waals surface area contributed by atoms with E-state index in [1.807, 2.05) is 11.0 Å². The second-order valence-electron chi connectivity index (χ2n) is 16.3. The molecule has 1 aliphatic carbocycles. The molecule has 11 rings (SSSR count). The third-order valence-corrected chi connectivity index (χ3v) is 12.6. The van der Waals surface area contributed by atoms with Crippen molar-refractivity contribution in [3.63, 3.8) is 0 Å². The summed E-state index contributed by atoms with van der Waals surface area (Å²) in [6.07, 6.45) is 2.03. The fourth-order valence-corrected chi connectivity index (χ4v) is 9.59. The van der Waals surface area contributed by atoms with Gasteiger partial charge in [-0.15, -0.1) is 0 Å². The summed E-state index contributed by atoms with van der Waals surface area (Å²) in [7, 11) is 0. The van der Waals surface area contributed by atoms with Crippen molar-refractivity contribution in [2.75, 3.05) is 9.80 Å². The van der Waals surface area contributed by atoms with Crippen LogP contribution in [-0.2, 0) is 6.42 Å². The lowest BCUT2D eigenvalue weighted by Crippen LogP contribution is -2.12. The van der Waals surface area contributed by atoms with Crippen molar-refractivity contribution in [2.45, 2.75) is 18.8 Å². The number of benzene rings is 10. The van der Waals surface area contributed by atoms with E-state index in [0.29, 0.717) is 0 Å². The van der Waals surface area contributed by atoms with Gasteiger partial charge in [-0.1, -0.05) is 133 Å². The largest absolute Gasteiger partial charge is 0.310 e. The molecule has 0 aliphatic heterocycles. The molecule has 0 amide bonds. The van der Waals surface area contributed by atoms with Gasteiger partial charge >= 0.3 is 0 Å². The maximum Gasteiger partial charge on any atom is 0.123 e. The zero-order valence-electron chi connectivity index (χ0n) is 34.5. The number of rotatable bonds is 8. The van der Waals surface area contributed by atoms with Crippen LogP contribution in [0.3, 0.4) is 0 Å². The molecule has 0 heterocycles. The second kappa shape index (κ2) is 16.2. The van der Waals surface area contributed by atoms with Crippen molar-refractivity contribution in [3.05, 3.63) is 253 Å². The zero-order valence-corrected chi connectivity index (χ0v) is 34.5. The molecule has 2 nitrogen and oxygen atoms in total. The molecule has 10 aromatic rings. The molecule has 1 unspecified atom stereocenters. The highest BCUT2D eigenvalue weighted by Crippen LogP contribution is 2.48. The van der Waals surface area contributed by atoms with E-state index in [-0.39, 0.29) is 17.6 Å². The van der Waals surface area contributed by atoms with Crippen molar-refractivity contribution >= 4 is 55.7 Å². The van der Waals surface area contributed by atoms with Gasteiger partial charge in [0.1, 0.15) is 11.6 Å².